The minimum absolute atomic E-state index is 0.284. The van der Waals surface area contributed by atoms with E-state index in [0.717, 1.165) is 11.3 Å². The van der Waals surface area contributed by atoms with E-state index in [2.05, 4.69) is 11.1 Å². The molecule has 0 radical (unpaired) electrons. The minimum atomic E-state index is 0.284. The zero-order valence-electron chi connectivity index (χ0n) is 11.9. The maximum Gasteiger partial charge on any atom is 0.142 e. The van der Waals surface area contributed by atoms with Crippen molar-refractivity contribution >= 4 is 11.6 Å². The number of halogens is 1. The van der Waals surface area contributed by atoms with Crippen LogP contribution in [0.5, 0.6) is 11.5 Å². The van der Waals surface area contributed by atoms with E-state index in [1.165, 1.54) is 0 Å². The molecule has 0 aliphatic rings. The summed E-state index contributed by atoms with van der Waals surface area (Å²) in [5, 5.41) is 8.96. The lowest BCUT2D eigenvalue weighted by Crippen LogP contribution is -2.02. The van der Waals surface area contributed by atoms with E-state index in [9.17, 15) is 0 Å². The normalized spacial score (nSPS) is 10.0. The molecule has 0 atom stereocenters. The molecule has 1 heterocycles. The van der Waals surface area contributed by atoms with Gasteiger partial charge < -0.3 is 9.47 Å². The molecule has 4 nitrogen and oxygen atoms in total. The number of nitrogens with zero attached hydrogens (tertiary/aromatic N) is 2. The Hall–Kier alpha value is -2.25. The number of alkyl halides is 1. The van der Waals surface area contributed by atoms with Crippen molar-refractivity contribution in [3.8, 4) is 17.6 Å². The predicted octanol–water partition coefficient (Wildman–Crippen LogP) is 3.59. The Morgan fingerprint density at radius 3 is 2.67 bits per heavy atom. The van der Waals surface area contributed by atoms with E-state index in [-0.39, 0.29) is 12.5 Å². The Morgan fingerprint density at radius 1 is 1.24 bits per heavy atom. The van der Waals surface area contributed by atoms with Gasteiger partial charge in [0.05, 0.1) is 30.3 Å². The highest BCUT2D eigenvalue weighted by Gasteiger charge is 2.09. The van der Waals surface area contributed by atoms with Crippen molar-refractivity contribution in [3.63, 3.8) is 0 Å². The van der Waals surface area contributed by atoms with Gasteiger partial charge >= 0.3 is 0 Å². The van der Waals surface area contributed by atoms with Crippen LogP contribution in [0.3, 0.4) is 0 Å². The lowest BCUT2D eigenvalue weighted by molar-refractivity contribution is 0.293. The van der Waals surface area contributed by atoms with Crippen molar-refractivity contribution in [2.45, 2.75) is 19.4 Å². The molecule has 2 aromatic rings. The third-order valence-corrected chi connectivity index (χ3v) is 3.24. The number of benzene rings is 1. The van der Waals surface area contributed by atoms with Crippen LogP contribution >= 0.6 is 11.6 Å². The molecule has 0 N–H and O–H groups in total. The van der Waals surface area contributed by atoms with Crippen molar-refractivity contribution in [3.05, 3.63) is 52.8 Å². The molecule has 21 heavy (non-hydrogen) atoms. The first-order chi connectivity index (χ1) is 10.2. The van der Waals surface area contributed by atoms with Gasteiger partial charge in [0, 0.05) is 11.3 Å². The molecule has 0 aliphatic heterocycles. The summed E-state index contributed by atoms with van der Waals surface area (Å²) in [5.41, 5.74) is 2.96. The van der Waals surface area contributed by atoms with Crippen LogP contribution in [0.4, 0.5) is 0 Å². The third kappa shape index (κ3) is 3.65. The summed E-state index contributed by atoms with van der Waals surface area (Å²) in [5.74, 6) is 1.60. The highest BCUT2D eigenvalue weighted by molar-refractivity contribution is 6.17. The molecule has 0 saturated carbocycles. The molecule has 0 spiro atoms. The number of nitriles is 1. The SMILES string of the molecule is COc1ccc(C#N)cc1COc1ccc(C)nc1CCl. The molecule has 1 aromatic heterocycles. The maximum absolute atomic E-state index is 8.96. The van der Waals surface area contributed by atoms with E-state index >= 15 is 0 Å². The summed E-state index contributed by atoms with van der Waals surface area (Å²) in [6.45, 7) is 2.19. The first-order valence-electron chi connectivity index (χ1n) is 6.40. The van der Waals surface area contributed by atoms with Crippen molar-refractivity contribution in [1.82, 2.24) is 4.98 Å². The first kappa shape index (κ1) is 15.1. The van der Waals surface area contributed by atoms with Crippen molar-refractivity contribution in [2.24, 2.45) is 0 Å². The Balaban J connectivity index is 2.22. The number of pyridine rings is 1. The van der Waals surface area contributed by atoms with Gasteiger partial charge in [0.15, 0.2) is 0 Å². The summed E-state index contributed by atoms with van der Waals surface area (Å²) in [6.07, 6.45) is 0. The largest absolute Gasteiger partial charge is 0.496 e. The van der Waals surface area contributed by atoms with Crippen LogP contribution in [0.25, 0.3) is 0 Å². The van der Waals surface area contributed by atoms with E-state index in [1.807, 2.05) is 19.1 Å². The molecule has 108 valence electrons. The first-order valence-corrected chi connectivity index (χ1v) is 6.93. The molecule has 0 saturated heterocycles. The average molecular weight is 303 g/mol. The summed E-state index contributed by atoms with van der Waals surface area (Å²) in [6, 6.07) is 11.0. The second-order valence-electron chi connectivity index (χ2n) is 4.46. The molecule has 1 aromatic carbocycles. The number of aromatic nitrogens is 1. The standard InChI is InChI=1S/C16H15ClN2O2/c1-11-3-5-16(14(8-17)19-11)21-10-13-7-12(9-18)4-6-15(13)20-2/h3-7H,8,10H2,1-2H3. The Morgan fingerprint density at radius 2 is 2.00 bits per heavy atom. The van der Waals surface area contributed by atoms with Crippen molar-refractivity contribution < 1.29 is 9.47 Å². The molecular weight excluding hydrogens is 288 g/mol. The third-order valence-electron chi connectivity index (χ3n) is 2.99. The van der Waals surface area contributed by atoms with Crippen LogP contribution < -0.4 is 9.47 Å². The number of hydrogen-bond donors (Lipinski definition) is 0. The monoisotopic (exact) mass is 302 g/mol. The van der Waals surface area contributed by atoms with Gasteiger partial charge in [-0.3, -0.25) is 4.98 Å². The van der Waals surface area contributed by atoms with Crippen LogP contribution in [-0.4, -0.2) is 12.1 Å². The summed E-state index contributed by atoms with van der Waals surface area (Å²) in [4.78, 5) is 4.34. The van der Waals surface area contributed by atoms with Crippen LogP contribution in [-0.2, 0) is 12.5 Å². The van der Waals surface area contributed by atoms with Crippen LogP contribution in [0, 0.1) is 18.3 Å². The number of rotatable bonds is 5. The second kappa shape index (κ2) is 6.96. The average Bonchev–Trinajstić information content (AvgIpc) is 2.53. The quantitative estimate of drug-likeness (QED) is 0.792. The smallest absolute Gasteiger partial charge is 0.142 e. The predicted molar refractivity (Wildman–Crippen MR) is 80.6 cm³/mol. The molecule has 5 heteroatoms. The molecule has 0 bridgehead atoms. The number of ether oxygens (including phenoxy) is 2. The highest BCUT2D eigenvalue weighted by Crippen LogP contribution is 2.24. The van der Waals surface area contributed by atoms with Gasteiger partial charge in [-0.25, -0.2) is 0 Å². The minimum Gasteiger partial charge on any atom is -0.496 e. The van der Waals surface area contributed by atoms with E-state index in [1.54, 1.807) is 25.3 Å². The van der Waals surface area contributed by atoms with E-state index < -0.39 is 0 Å². The van der Waals surface area contributed by atoms with Crippen LogP contribution in [0.2, 0.25) is 0 Å². The van der Waals surface area contributed by atoms with Gasteiger partial charge in [-0.2, -0.15) is 5.26 Å². The number of aryl methyl sites for hydroxylation is 1. The molecule has 0 unspecified atom stereocenters. The van der Waals surface area contributed by atoms with Gasteiger partial charge in [0.2, 0.25) is 0 Å². The summed E-state index contributed by atoms with van der Waals surface area (Å²) < 4.78 is 11.1. The topological polar surface area (TPSA) is 55.1 Å². The van der Waals surface area contributed by atoms with E-state index in [4.69, 9.17) is 26.3 Å². The van der Waals surface area contributed by atoms with Crippen LogP contribution in [0.15, 0.2) is 30.3 Å². The number of hydrogen-bond acceptors (Lipinski definition) is 4. The summed E-state index contributed by atoms with van der Waals surface area (Å²) >= 11 is 5.88. The van der Waals surface area contributed by atoms with E-state index in [0.29, 0.717) is 22.8 Å². The molecule has 0 amide bonds. The molecular formula is C16H15ClN2O2. The van der Waals surface area contributed by atoms with Crippen molar-refractivity contribution in [1.29, 1.82) is 5.26 Å². The number of methoxy groups -OCH3 is 1. The van der Waals surface area contributed by atoms with Gasteiger partial charge in [-0.15, -0.1) is 11.6 Å². The fourth-order valence-corrected chi connectivity index (χ4v) is 2.13. The molecule has 0 fully saturated rings. The van der Waals surface area contributed by atoms with Gasteiger partial charge in [-0.05, 0) is 37.3 Å². The Kier molecular flexibility index (Phi) is 5.02. The molecule has 0 aliphatic carbocycles. The maximum atomic E-state index is 8.96. The fourth-order valence-electron chi connectivity index (χ4n) is 1.94. The Bertz CT molecular complexity index is 680. The van der Waals surface area contributed by atoms with Crippen LogP contribution in [0.1, 0.15) is 22.5 Å². The molecule has 2 rings (SSSR count). The lowest BCUT2D eigenvalue weighted by Gasteiger charge is -2.12. The zero-order valence-corrected chi connectivity index (χ0v) is 12.6. The Labute approximate surface area is 128 Å². The van der Waals surface area contributed by atoms with Gasteiger partial charge in [-0.1, -0.05) is 0 Å². The van der Waals surface area contributed by atoms with Gasteiger partial charge in [0.1, 0.15) is 18.1 Å². The fraction of sp³-hybridized carbons (Fsp3) is 0.250. The second-order valence-corrected chi connectivity index (χ2v) is 4.73. The van der Waals surface area contributed by atoms with Crippen molar-refractivity contribution in [2.75, 3.05) is 7.11 Å². The summed E-state index contributed by atoms with van der Waals surface area (Å²) in [7, 11) is 1.59. The highest BCUT2D eigenvalue weighted by atomic mass is 35.5. The van der Waals surface area contributed by atoms with Gasteiger partial charge in [0.25, 0.3) is 0 Å². The zero-order chi connectivity index (χ0) is 15.2. The lowest BCUT2D eigenvalue weighted by atomic mass is 10.1.